The maximum atomic E-state index is 5.05. The summed E-state index contributed by atoms with van der Waals surface area (Å²) in [5.74, 6) is 1.98. The van der Waals surface area contributed by atoms with Gasteiger partial charge in [0, 0.05) is 16.7 Å². The Balaban J connectivity index is 1.24. The molecule has 49 heavy (non-hydrogen) atoms. The van der Waals surface area contributed by atoms with E-state index in [0.29, 0.717) is 17.5 Å². The molecule has 1 heterocycles. The van der Waals surface area contributed by atoms with E-state index in [-0.39, 0.29) is 0 Å². The fourth-order valence-electron chi connectivity index (χ4n) is 7.73. The molecule has 0 radical (unpaired) electrons. The summed E-state index contributed by atoms with van der Waals surface area (Å²) < 4.78 is 0. The van der Waals surface area contributed by atoms with Crippen LogP contribution in [-0.4, -0.2) is 15.0 Å². The van der Waals surface area contributed by atoms with Gasteiger partial charge >= 0.3 is 0 Å². The Morgan fingerprint density at radius 3 is 1.51 bits per heavy atom. The Morgan fingerprint density at radius 2 is 0.837 bits per heavy atom. The number of aromatic nitrogens is 3. The van der Waals surface area contributed by atoms with Crippen molar-refractivity contribution in [2.45, 2.75) is 6.42 Å². The van der Waals surface area contributed by atoms with Crippen molar-refractivity contribution in [3.8, 4) is 56.4 Å². The monoisotopic (exact) mass is 623 g/mol. The Bertz CT molecular complexity index is 2670. The summed E-state index contributed by atoms with van der Waals surface area (Å²) >= 11 is 0. The lowest BCUT2D eigenvalue weighted by Crippen LogP contribution is -2.00. The second-order valence-electron chi connectivity index (χ2n) is 12.7. The average molecular weight is 624 g/mol. The van der Waals surface area contributed by atoms with Crippen molar-refractivity contribution in [2.24, 2.45) is 0 Å². The highest BCUT2D eigenvalue weighted by Gasteiger charge is 2.27. The molecule has 0 unspecified atom stereocenters. The van der Waals surface area contributed by atoms with E-state index in [1.807, 2.05) is 60.7 Å². The van der Waals surface area contributed by atoms with Crippen molar-refractivity contribution in [3.05, 3.63) is 175 Å². The van der Waals surface area contributed by atoms with Gasteiger partial charge in [-0.1, -0.05) is 152 Å². The molecule has 0 saturated carbocycles. The van der Waals surface area contributed by atoms with Crippen LogP contribution in [0.5, 0.6) is 0 Å². The molecule has 0 bridgehead atoms. The molecule has 1 aliphatic rings. The highest BCUT2D eigenvalue weighted by Crippen LogP contribution is 2.50. The Kier molecular flexibility index (Phi) is 6.25. The third kappa shape index (κ3) is 4.47. The van der Waals surface area contributed by atoms with Gasteiger partial charge in [-0.15, -0.1) is 0 Å². The summed E-state index contributed by atoms with van der Waals surface area (Å²) in [7, 11) is 0. The van der Waals surface area contributed by atoms with E-state index in [0.717, 1.165) is 28.7 Å². The van der Waals surface area contributed by atoms with Crippen LogP contribution in [0.3, 0.4) is 0 Å². The van der Waals surface area contributed by atoms with Gasteiger partial charge in [-0.25, -0.2) is 15.0 Å². The molecule has 3 heteroatoms. The average Bonchev–Trinajstić information content (AvgIpc) is 3.58. The molecule has 8 aromatic carbocycles. The molecule has 3 nitrogen and oxygen atoms in total. The minimum Gasteiger partial charge on any atom is -0.208 e. The highest BCUT2D eigenvalue weighted by molar-refractivity contribution is 6.28. The van der Waals surface area contributed by atoms with Gasteiger partial charge in [-0.05, 0) is 84.3 Å². The largest absolute Gasteiger partial charge is 0.208 e. The van der Waals surface area contributed by atoms with Gasteiger partial charge in [-0.3, -0.25) is 0 Å². The molecule has 0 atom stereocenters. The van der Waals surface area contributed by atoms with Crippen molar-refractivity contribution in [1.82, 2.24) is 15.0 Å². The quantitative estimate of drug-likeness (QED) is 0.183. The minimum absolute atomic E-state index is 0.656. The van der Waals surface area contributed by atoms with Crippen LogP contribution in [0.1, 0.15) is 11.1 Å². The fourth-order valence-corrected chi connectivity index (χ4v) is 7.73. The molecule has 1 aliphatic carbocycles. The van der Waals surface area contributed by atoms with Gasteiger partial charge in [0.05, 0.1) is 0 Å². The molecule has 0 amide bonds. The number of fused-ring (bicyclic) bond motifs is 10. The molecule has 1 aromatic heterocycles. The Labute approximate surface area is 284 Å². The summed E-state index contributed by atoms with van der Waals surface area (Å²) in [6.07, 6.45) is 0.909. The lowest BCUT2D eigenvalue weighted by Gasteiger charge is -2.18. The fraction of sp³-hybridized carbons (Fsp3) is 0.0217. The molecule has 0 N–H and O–H groups in total. The molecule has 10 rings (SSSR count). The van der Waals surface area contributed by atoms with Crippen molar-refractivity contribution in [3.63, 3.8) is 0 Å². The minimum atomic E-state index is 0.656. The van der Waals surface area contributed by atoms with E-state index >= 15 is 0 Å². The lowest BCUT2D eigenvalue weighted by molar-refractivity contribution is 1.07. The van der Waals surface area contributed by atoms with Gasteiger partial charge in [0.2, 0.25) is 0 Å². The van der Waals surface area contributed by atoms with E-state index in [4.69, 9.17) is 15.0 Å². The summed E-state index contributed by atoms with van der Waals surface area (Å²) in [5.41, 5.74) is 10.7. The van der Waals surface area contributed by atoms with E-state index in [2.05, 4.69) is 103 Å². The van der Waals surface area contributed by atoms with Crippen LogP contribution in [0.2, 0.25) is 0 Å². The first-order valence-electron chi connectivity index (χ1n) is 16.8. The maximum absolute atomic E-state index is 5.05. The van der Waals surface area contributed by atoms with E-state index in [9.17, 15) is 0 Å². The van der Waals surface area contributed by atoms with Crippen LogP contribution in [0, 0.1) is 0 Å². The van der Waals surface area contributed by atoms with Gasteiger partial charge in [0.1, 0.15) is 0 Å². The van der Waals surface area contributed by atoms with Crippen LogP contribution in [0.25, 0.3) is 88.7 Å². The van der Waals surface area contributed by atoms with Crippen molar-refractivity contribution < 1.29 is 0 Å². The van der Waals surface area contributed by atoms with Crippen LogP contribution in [0.15, 0.2) is 164 Å². The lowest BCUT2D eigenvalue weighted by atomic mass is 9.85. The van der Waals surface area contributed by atoms with E-state index in [1.165, 1.54) is 60.1 Å². The Morgan fingerprint density at radius 1 is 0.347 bits per heavy atom. The zero-order valence-corrected chi connectivity index (χ0v) is 26.6. The van der Waals surface area contributed by atoms with E-state index in [1.54, 1.807) is 0 Å². The van der Waals surface area contributed by atoms with Gasteiger partial charge < -0.3 is 0 Å². The van der Waals surface area contributed by atoms with Crippen molar-refractivity contribution >= 4 is 32.3 Å². The standard InChI is InChI=1S/C46H29N3/c1-3-14-29(15-4-1)44-47-45(30-16-5-2-6-17-30)49-46(48-44)33-20-13-19-31(26-33)39-28-40-37-24-10-9-22-35(37)36-23-11-12-25-38(36)43(40)41-27-32-18-7-8-21-34(32)42(39)41/h1-26,28H,27H2. The molecule has 0 spiro atoms. The van der Waals surface area contributed by atoms with Crippen LogP contribution in [0.4, 0.5) is 0 Å². The molecule has 0 fully saturated rings. The first kappa shape index (κ1) is 27.6. The first-order valence-corrected chi connectivity index (χ1v) is 16.8. The van der Waals surface area contributed by atoms with Crippen LogP contribution < -0.4 is 0 Å². The predicted molar refractivity (Wildman–Crippen MR) is 202 cm³/mol. The molecular weight excluding hydrogens is 595 g/mol. The molecule has 228 valence electrons. The van der Waals surface area contributed by atoms with Gasteiger partial charge in [0.25, 0.3) is 0 Å². The summed E-state index contributed by atoms with van der Waals surface area (Å²) in [6, 6.07) is 58.1. The SMILES string of the molecule is c1ccc(-c2nc(-c3ccccc3)nc(-c3cccc(-c4cc5c6ccccc6c6ccccc6c5c5c4-c4ccccc4C5)c3)n2)cc1. The topological polar surface area (TPSA) is 38.7 Å². The summed E-state index contributed by atoms with van der Waals surface area (Å²) in [6.45, 7) is 0. The number of benzene rings is 8. The number of nitrogens with zero attached hydrogens (tertiary/aromatic N) is 3. The smallest absolute Gasteiger partial charge is 0.164 e. The van der Waals surface area contributed by atoms with Gasteiger partial charge in [0.15, 0.2) is 17.5 Å². The highest BCUT2D eigenvalue weighted by atomic mass is 15.0. The maximum Gasteiger partial charge on any atom is 0.164 e. The second kappa shape index (κ2) is 11.1. The molecular formula is C46H29N3. The van der Waals surface area contributed by atoms with E-state index < -0.39 is 0 Å². The summed E-state index contributed by atoms with van der Waals surface area (Å²) in [5, 5.41) is 7.83. The number of hydrogen-bond acceptors (Lipinski definition) is 3. The molecule has 0 aliphatic heterocycles. The van der Waals surface area contributed by atoms with Crippen LogP contribution in [-0.2, 0) is 6.42 Å². The zero-order chi connectivity index (χ0) is 32.3. The number of hydrogen-bond donors (Lipinski definition) is 0. The van der Waals surface area contributed by atoms with Gasteiger partial charge in [-0.2, -0.15) is 0 Å². The van der Waals surface area contributed by atoms with Crippen LogP contribution >= 0.6 is 0 Å². The van der Waals surface area contributed by atoms with Crippen molar-refractivity contribution in [2.75, 3.05) is 0 Å². The predicted octanol–water partition coefficient (Wildman–Crippen LogP) is 11.6. The molecule has 9 aromatic rings. The number of rotatable bonds is 4. The Hall–Kier alpha value is -6.45. The first-order chi connectivity index (χ1) is 24.3. The third-order valence-electron chi connectivity index (χ3n) is 9.92. The molecule has 0 saturated heterocycles. The third-order valence-corrected chi connectivity index (χ3v) is 9.92. The second-order valence-corrected chi connectivity index (χ2v) is 12.7. The van der Waals surface area contributed by atoms with Crippen molar-refractivity contribution in [1.29, 1.82) is 0 Å². The summed E-state index contributed by atoms with van der Waals surface area (Å²) in [4.78, 5) is 15.0. The normalized spacial score (nSPS) is 12.0. The zero-order valence-electron chi connectivity index (χ0n) is 26.6.